The molecule has 1 aliphatic rings. The number of benzene rings is 2. The van der Waals surface area contributed by atoms with Gasteiger partial charge in [-0.25, -0.2) is 4.39 Å². The minimum absolute atomic E-state index is 0.0474. The average Bonchev–Trinajstić information content (AvgIpc) is 2.75. The Hall–Kier alpha value is -2.89. The van der Waals surface area contributed by atoms with Crippen LogP contribution in [0.2, 0.25) is 0 Å². The largest absolute Gasteiger partial charge is 0.368 e. The molecule has 0 unspecified atom stereocenters. The zero-order valence-corrected chi connectivity index (χ0v) is 16.9. The van der Waals surface area contributed by atoms with E-state index in [4.69, 9.17) is 0 Å². The van der Waals surface area contributed by atoms with E-state index in [9.17, 15) is 14.0 Å². The van der Waals surface area contributed by atoms with Crippen molar-refractivity contribution < 1.29 is 14.0 Å². The van der Waals surface area contributed by atoms with Gasteiger partial charge in [-0.3, -0.25) is 9.59 Å². The lowest BCUT2D eigenvalue weighted by molar-refractivity contribution is -0.133. The third-order valence-corrected chi connectivity index (χ3v) is 5.38. The Balaban J connectivity index is 1.44. The summed E-state index contributed by atoms with van der Waals surface area (Å²) in [5.74, 6) is -0.227. The van der Waals surface area contributed by atoms with Gasteiger partial charge in [0.25, 0.3) is 0 Å². The van der Waals surface area contributed by atoms with Crippen LogP contribution in [0.4, 0.5) is 10.1 Å². The van der Waals surface area contributed by atoms with Crippen molar-refractivity contribution in [2.75, 3.05) is 44.2 Å². The third kappa shape index (κ3) is 6.04. The molecule has 29 heavy (non-hydrogen) atoms. The molecule has 5 nitrogen and oxygen atoms in total. The van der Waals surface area contributed by atoms with Crippen LogP contribution >= 0.6 is 0 Å². The minimum Gasteiger partial charge on any atom is -0.368 e. The summed E-state index contributed by atoms with van der Waals surface area (Å²) in [6.45, 7) is 5.48. The van der Waals surface area contributed by atoms with E-state index in [1.54, 1.807) is 17.0 Å². The van der Waals surface area contributed by atoms with Gasteiger partial charge in [0.15, 0.2) is 0 Å². The molecule has 0 radical (unpaired) electrons. The molecule has 0 spiro atoms. The van der Waals surface area contributed by atoms with E-state index in [1.165, 1.54) is 24.7 Å². The van der Waals surface area contributed by atoms with Crippen LogP contribution < -0.4 is 4.90 Å². The standard InChI is InChI=1S/C23H28FN3O2/c1-19(28)25(13-11-20-7-9-21(24)10-8-20)14-12-23(29)27-17-15-26(16-18-27)22-5-3-2-4-6-22/h2-10H,11-18H2,1H3. The highest BCUT2D eigenvalue weighted by Gasteiger charge is 2.22. The van der Waals surface area contributed by atoms with Crippen LogP contribution in [0.15, 0.2) is 54.6 Å². The molecule has 2 amide bonds. The van der Waals surface area contributed by atoms with Crippen molar-refractivity contribution in [3.63, 3.8) is 0 Å². The van der Waals surface area contributed by atoms with Gasteiger partial charge in [0.1, 0.15) is 5.82 Å². The van der Waals surface area contributed by atoms with Gasteiger partial charge in [-0.15, -0.1) is 0 Å². The van der Waals surface area contributed by atoms with Gasteiger partial charge in [-0.2, -0.15) is 0 Å². The Bertz CT molecular complexity index is 803. The molecule has 1 fully saturated rings. The number of nitrogens with zero attached hydrogens (tertiary/aromatic N) is 3. The second-order valence-corrected chi connectivity index (χ2v) is 7.34. The fourth-order valence-electron chi connectivity index (χ4n) is 3.58. The number of anilines is 1. The van der Waals surface area contributed by atoms with Crippen LogP contribution in [-0.4, -0.2) is 60.9 Å². The maximum Gasteiger partial charge on any atom is 0.224 e. The molecular formula is C23H28FN3O2. The number of hydrogen-bond acceptors (Lipinski definition) is 3. The van der Waals surface area contributed by atoms with Gasteiger partial charge < -0.3 is 14.7 Å². The smallest absolute Gasteiger partial charge is 0.224 e. The SMILES string of the molecule is CC(=O)N(CCC(=O)N1CCN(c2ccccc2)CC1)CCc1ccc(F)cc1. The molecular weight excluding hydrogens is 369 g/mol. The summed E-state index contributed by atoms with van der Waals surface area (Å²) >= 11 is 0. The number of para-hydroxylation sites is 1. The number of piperazine rings is 1. The average molecular weight is 397 g/mol. The van der Waals surface area contributed by atoms with Crippen LogP contribution in [0.1, 0.15) is 18.9 Å². The topological polar surface area (TPSA) is 43.9 Å². The van der Waals surface area contributed by atoms with Crippen LogP contribution in [0.5, 0.6) is 0 Å². The number of amides is 2. The first-order valence-electron chi connectivity index (χ1n) is 10.1. The molecule has 0 saturated carbocycles. The van der Waals surface area contributed by atoms with Gasteiger partial charge in [-0.1, -0.05) is 30.3 Å². The van der Waals surface area contributed by atoms with Crippen LogP contribution in [-0.2, 0) is 16.0 Å². The predicted molar refractivity (Wildman–Crippen MR) is 112 cm³/mol. The molecule has 0 N–H and O–H groups in total. The van der Waals surface area contributed by atoms with E-state index in [0.29, 0.717) is 39.0 Å². The van der Waals surface area contributed by atoms with Crippen molar-refractivity contribution in [3.8, 4) is 0 Å². The fourth-order valence-corrected chi connectivity index (χ4v) is 3.58. The Morgan fingerprint density at radius 1 is 0.931 bits per heavy atom. The molecule has 2 aromatic carbocycles. The molecule has 6 heteroatoms. The molecule has 0 aromatic heterocycles. The summed E-state index contributed by atoms with van der Waals surface area (Å²) < 4.78 is 13.0. The second-order valence-electron chi connectivity index (χ2n) is 7.34. The van der Waals surface area contributed by atoms with Gasteiger partial charge in [0.2, 0.25) is 11.8 Å². The van der Waals surface area contributed by atoms with Gasteiger partial charge in [0.05, 0.1) is 0 Å². The number of hydrogen-bond donors (Lipinski definition) is 0. The summed E-state index contributed by atoms with van der Waals surface area (Å²) in [6, 6.07) is 16.5. The Labute approximate surface area is 171 Å². The van der Waals surface area contributed by atoms with E-state index >= 15 is 0 Å². The monoisotopic (exact) mass is 397 g/mol. The number of halogens is 1. The molecule has 1 saturated heterocycles. The van der Waals surface area contributed by atoms with E-state index in [2.05, 4.69) is 17.0 Å². The number of carbonyl (C=O) groups is 2. The predicted octanol–water partition coefficient (Wildman–Crippen LogP) is 2.96. The molecule has 2 aromatic rings. The Kier molecular flexibility index (Phi) is 7.22. The molecule has 0 atom stereocenters. The maximum absolute atomic E-state index is 13.0. The normalized spacial score (nSPS) is 14.0. The summed E-state index contributed by atoms with van der Waals surface area (Å²) in [5, 5.41) is 0. The summed E-state index contributed by atoms with van der Waals surface area (Å²) in [6.07, 6.45) is 0.970. The van der Waals surface area contributed by atoms with Crippen LogP contribution in [0.3, 0.4) is 0 Å². The van der Waals surface area contributed by atoms with E-state index in [1.807, 2.05) is 23.1 Å². The van der Waals surface area contributed by atoms with Gasteiger partial charge >= 0.3 is 0 Å². The summed E-state index contributed by atoms with van der Waals surface area (Å²) in [5.41, 5.74) is 2.16. The van der Waals surface area contributed by atoms with E-state index in [0.717, 1.165) is 18.7 Å². The quantitative estimate of drug-likeness (QED) is 0.722. The minimum atomic E-state index is -0.268. The Morgan fingerprint density at radius 2 is 1.59 bits per heavy atom. The van der Waals surface area contributed by atoms with Crippen LogP contribution in [0.25, 0.3) is 0 Å². The van der Waals surface area contributed by atoms with Gasteiger partial charge in [-0.05, 0) is 36.2 Å². The zero-order valence-electron chi connectivity index (χ0n) is 16.9. The van der Waals surface area contributed by atoms with Crippen molar-refractivity contribution in [3.05, 3.63) is 66.0 Å². The highest BCUT2D eigenvalue weighted by Crippen LogP contribution is 2.16. The maximum atomic E-state index is 13.0. The van der Waals surface area contributed by atoms with Crippen LogP contribution in [0, 0.1) is 5.82 Å². The fraction of sp³-hybridized carbons (Fsp3) is 0.391. The first-order chi connectivity index (χ1) is 14.0. The zero-order chi connectivity index (χ0) is 20.6. The molecule has 3 rings (SSSR count). The lowest BCUT2D eigenvalue weighted by Crippen LogP contribution is -2.49. The molecule has 1 heterocycles. The lowest BCUT2D eigenvalue weighted by Gasteiger charge is -2.36. The van der Waals surface area contributed by atoms with Crippen molar-refractivity contribution in [1.29, 1.82) is 0 Å². The molecule has 0 bridgehead atoms. The van der Waals surface area contributed by atoms with Crippen molar-refractivity contribution >= 4 is 17.5 Å². The van der Waals surface area contributed by atoms with Gasteiger partial charge in [0, 0.05) is 58.3 Å². The van der Waals surface area contributed by atoms with Crippen molar-refractivity contribution in [2.24, 2.45) is 0 Å². The highest BCUT2D eigenvalue weighted by atomic mass is 19.1. The summed E-state index contributed by atoms with van der Waals surface area (Å²) in [7, 11) is 0. The second kappa shape index (κ2) is 10.0. The first-order valence-corrected chi connectivity index (χ1v) is 10.1. The Morgan fingerprint density at radius 3 is 2.21 bits per heavy atom. The molecule has 154 valence electrons. The summed E-state index contributed by atoms with van der Waals surface area (Å²) in [4.78, 5) is 30.4. The van der Waals surface area contributed by atoms with E-state index < -0.39 is 0 Å². The molecule has 1 aliphatic heterocycles. The number of carbonyl (C=O) groups excluding carboxylic acids is 2. The van der Waals surface area contributed by atoms with Crippen molar-refractivity contribution in [1.82, 2.24) is 9.80 Å². The molecule has 0 aliphatic carbocycles. The number of rotatable bonds is 7. The first kappa shape index (κ1) is 20.8. The van der Waals surface area contributed by atoms with Crippen molar-refractivity contribution in [2.45, 2.75) is 19.8 Å². The third-order valence-electron chi connectivity index (χ3n) is 5.38. The van der Waals surface area contributed by atoms with E-state index in [-0.39, 0.29) is 17.6 Å². The highest BCUT2D eigenvalue weighted by molar-refractivity contribution is 5.78. The lowest BCUT2D eigenvalue weighted by atomic mass is 10.1.